The molecular weight excluding hydrogens is 160 g/mol. The number of rotatable bonds is 2. The summed E-state index contributed by atoms with van der Waals surface area (Å²) in [6.45, 7) is 3.47. The van der Waals surface area contributed by atoms with Gasteiger partial charge in [-0.15, -0.1) is 11.3 Å². The van der Waals surface area contributed by atoms with E-state index in [1.165, 1.54) is 11.3 Å². The molecule has 0 amide bonds. The SMILES string of the molecule is CC(=O)Cc1nc(N)sc1C. The van der Waals surface area contributed by atoms with E-state index in [4.69, 9.17) is 5.73 Å². The van der Waals surface area contributed by atoms with Crippen molar-refractivity contribution in [3.8, 4) is 0 Å². The smallest absolute Gasteiger partial charge is 0.180 e. The van der Waals surface area contributed by atoms with Gasteiger partial charge < -0.3 is 5.73 Å². The Morgan fingerprint density at radius 2 is 2.36 bits per heavy atom. The molecule has 0 radical (unpaired) electrons. The van der Waals surface area contributed by atoms with E-state index in [0.29, 0.717) is 11.6 Å². The number of ketones is 1. The first-order valence-corrected chi connectivity index (χ1v) is 4.12. The van der Waals surface area contributed by atoms with E-state index in [2.05, 4.69) is 4.98 Å². The molecule has 0 aliphatic rings. The summed E-state index contributed by atoms with van der Waals surface area (Å²) in [5, 5.41) is 0.541. The second-order valence-electron chi connectivity index (χ2n) is 2.43. The van der Waals surface area contributed by atoms with Crippen LogP contribution < -0.4 is 5.73 Å². The lowest BCUT2D eigenvalue weighted by Crippen LogP contribution is -1.98. The van der Waals surface area contributed by atoms with Gasteiger partial charge in [0.05, 0.1) is 5.69 Å². The van der Waals surface area contributed by atoms with Crippen molar-refractivity contribution in [2.45, 2.75) is 20.3 Å². The summed E-state index contributed by atoms with van der Waals surface area (Å²) in [7, 11) is 0. The van der Waals surface area contributed by atoms with Crippen molar-refractivity contribution in [2.24, 2.45) is 0 Å². The summed E-state index contributed by atoms with van der Waals surface area (Å²) in [6, 6.07) is 0. The number of carbonyl (C=O) groups is 1. The molecule has 0 aliphatic heterocycles. The number of hydrogen-bond donors (Lipinski definition) is 1. The molecule has 0 saturated heterocycles. The van der Waals surface area contributed by atoms with Crippen LogP contribution in [-0.4, -0.2) is 10.8 Å². The molecule has 2 N–H and O–H groups in total. The fourth-order valence-electron chi connectivity index (χ4n) is 0.850. The zero-order valence-electron chi connectivity index (χ0n) is 6.55. The maximum atomic E-state index is 10.7. The molecule has 11 heavy (non-hydrogen) atoms. The minimum Gasteiger partial charge on any atom is -0.375 e. The lowest BCUT2D eigenvalue weighted by atomic mass is 10.2. The van der Waals surface area contributed by atoms with Gasteiger partial charge in [0.15, 0.2) is 5.13 Å². The number of nitrogens with two attached hydrogens (primary N) is 1. The number of anilines is 1. The Bertz CT molecular complexity index is 280. The van der Waals surface area contributed by atoms with Gasteiger partial charge in [0.25, 0.3) is 0 Å². The molecular formula is C7H10N2OS. The molecule has 3 nitrogen and oxygen atoms in total. The van der Waals surface area contributed by atoms with E-state index in [0.717, 1.165) is 10.6 Å². The topological polar surface area (TPSA) is 56.0 Å². The Morgan fingerprint density at radius 1 is 1.73 bits per heavy atom. The molecule has 1 aromatic heterocycles. The third-order valence-electron chi connectivity index (χ3n) is 1.33. The van der Waals surface area contributed by atoms with Crippen molar-refractivity contribution in [2.75, 3.05) is 5.73 Å². The molecule has 1 rings (SSSR count). The van der Waals surface area contributed by atoms with Crippen LogP contribution in [0.3, 0.4) is 0 Å². The monoisotopic (exact) mass is 170 g/mol. The molecule has 0 aliphatic carbocycles. The molecule has 0 unspecified atom stereocenters. The average Bonchev–Trinajstić information content (AvgIpc) is 2.09. The Kier molecular flexibility index (Phi) is 2.24. The molecule has 0 fully saturated rings. The highest BCUT2D eigenvalue weighted by Crippen LogP contribution is 2.19. The van der Waals surface area contributed by atoms with Crippen molar-refractivity contribution in [3.05, 3.63) is 10.6 Å². The fraction of sp³-hybridized carbons (Fsp3) is 0.429. The van der Waals surface area contributed by atoms with Crippen LogP contribution in [0.15, 0.2) is 0 Å². The Morgan fingerprint density at radius 3 is 2.73 bits per heavy atom. The maximum Gasteiger partial charge on any atom is 0.180 e. The number of thiazole rings is 1. The minimum absolute atomic E-state index is 0.124. The van der Waals surface area contributed by atoms with E-state index in [1.54, 1.807) is 6.92 Å². The number of aromatic nitrogens is 1. The van der Waals surface area contributed by atoms with Crippen molar-refractivity contribution < 1.29 is 4.79 Å². The number of hydrogen-bond acceptors (Lipinski definition) is 4. The number of nitrogens with zero attached hydrogens (tertiary/aromatic N) is 1. The zero-order chi connectivity index (χ0) is 8.43. The van der Waals surface area contributed by atoms with Crippen LogP contribution in [0.1, 0.15) is 17.5 Å². The second kappa shape index (κ2) is 3.00. The average molecular weight is 170 g/mol. The molecule has 1 aromatic rings. The molecule has 0 atom stereocenters. The summed E-state index contributed by atoms with van der Waals surface area (Å²) in [4.78, 5) is 15.8. The number of Topliss-reactive ketones (excluding diaryl/α,β-unsaturated/α-hetero) is 1. The Balaban J connectivity index is 2.85. The highest BCUT2D eigenvalue weighted by molar-refractivity contribution is 7.15. The van der Waals surface area contributed by atoms with Gasteiger partial charge in [0, 0.05) is 11.3 Å². The summed E-state index contributed by atoms with van der Waals surface area (Å²) in [6.07, 6.45) is 0.402. The largest absolute Gasteiger partial charge is 0.375 e. The molecule has 0 bridgehead atoms. The molecule has 1 heterocycles. The molecule has 4 heteroatoms. The summed E-state index contributed by atoms with van der Waals surface area (Å²) in [5.41, 5.74) is 6.27. The van der Waals surface area contributed by atoms with Gasteiger partial charge in [-0.2, -0.15) is 0 Å². The molecule has 0 spiro atoms. The zero-order valence-corrected chi connectivity index (χ0v) is 7.36. The Labute approximate surface area is 69.3 Å². The van der Waals surface area contributed by atoms with E-state index in [1.807, 2.05) is 6.92 Å². The van der Waals surface area contributed by atoms with Crippen LogP contribution in [0.25, 0.3) is 0 Å². The first kappa shape index (κ1) is 8.20. The van der Waals surface area contributed by atoms with Crippen molar-refractivity contribution in [1.82, 2.24) is 4.98 Å². The first-order chi connectivity index (χ1) is 5.09. The highest BCUT2D eigenvalue weighted by Gasteiger charge is 2.06. The quantitative estimate of drug-likeness (QED) is 0.724. The summed E-state index contributed by atoms with van der Waals surface area (Å²) in [5.74, 6) is 0.124. The summed E-state index contributed by atoms with van der Waals surface area (Å²) < 4.78 is 0. The minimum atomic E-state index is 0.124. The second-order valence-corrected chi connectivity index (χ2v) is 3.67. The highest BCUT2D eigenvalue weighted by atomic mass is 32.1. The molecule has 60 valence electrons. The van der Waals surface area contributed by atoms with Gasteiger partial charge in [0.1, 0.15) is 5.78 Å². The van der Waals surface area contributed by atoms with Gasteiger partial charge in [-0.1, -0.05) is 0 Å². The van der Waals surface area contributed by atoms with Gasteiger partial charge in [-0.25, -0.2) is 4.98 Å². The first-order valence-electron chi connectivity index (χ1n) is 3.31. The normalized spacial score (nSPS) is 10.0. The fourth-order valence-corrected chi connectivity index (χ4v) is 1.56. The standard InChI is InChI=1S/C7H10N2OS/c1-4(10)3-6-5(2)11-7(8)9-6/h3H2,1-2H3,(H2,8,9). The van der Waals surface area contributed by atoms with Gasteiger partial charge in [0.2, 0.25) is 0 Å². The van der Waals surface area contributed by atoms with Gasteiger partial charge in [-0.3, -0.25) is 4.79 Å². The lowest BCUT2D eigenvalue weighted by molar-refractivity contribution is -0.116. The van der Waals surface area contributed by atoms with Gasteiger partial charge >= 0.3 is 0 Å². The Hall–Kier alpha value is -0.900. The number of aryl methyl sites for hydroxylation is 1. The van der Waals surface area contributed by atoms with Crippen LogP contribution in [0.5, 0.6) is 0 Å². The van der Waals surface area contributed by atoms with E-state index < -0.39 is 0 Å². The maximum absolute atomic E-state index is 10.7. The molecule has 0 saturated carbocycles. The van der Waals surface area contributed by atoms with Crippen molar-refractivity contribution in [3.63, 3.8) is 0 Å². The predicted octanol–water partition coefficient (Wildman–Crippen LogP) is 1.17. The van der Waals surface area contributed by atoms with E-state index in [9.17, 15) is 4.79 Å². The molecule has 0 aromatic carbocycles. The van der Waals surface area contributed by atoms with Crippen LogP contribution >= 0.6 is 11.3 Å². The van der Waals surface area contributed by atoms with E-state index >= 15 is 0 Å². The van der Waals surface area contributed by atoms with Crippen LogP contribution in [-0.2, 0) is 11.2 Å². The van der Waals surface area contributed by atoms with E-state index in [-0.39, 0.29) is 5.78 Å². The third kappa shape index (κ3) is 2.01. The van der Waals surface area contributed by atoms with Crippen LogP contribution in [0, 0.1) is 6.92 Å². The summed E-state index contributed by atoms with van der Waals surface area (Å²) >= 11 is 1.43. The van der Waals surface area contributed by atoms with Crippen LogP contribution in [0.4, 0.5) is 5.13 Å². The number of carbonyl (C=O) groups excluding carboxylic acids is 1. The van der Waals surface area contributed by atoms with Gasteiger partial charge in [-0.05, 0) is 13.8 Å². The lowest BCUT2D eigenvalue weighted by Gasteiger charge is -1.90. The van der Waals surface area contributed by atoms with Crippen LogP contribution in [0.2, 0.25) is 0 Å². The van der Waals surface area contributed by atoms with Crippen molar-refractivity contribution in [1.29, 1.82) is 0 Å². The third-order valence-corrected chi connectivity index (χ3v) is 2.17. The predicted molar refractivity (Wildman–Crippen MR) is 45.6 cm³/mol. The van der Waals surface area contributed by atoms with Crippen molar-refractivity contribution >= 4 is 22.3 Å². The number of nitrogen functional groups attached to an aromatic ring is 1.